The van der Waals surface area contributed by atoms with Crippen molar-refractivity contribution in [3.63, 3.8) is 0 Å². The average Bonchev–Trinajstić information content (AvgIpc) is 2.86. The number of likely N-dealkylation sites (tertiary alicyclic amines) is 1. The molecule has 8 nitrogen and oxygen atoms in total. The highest BCUT2D eigenvalue weighted by Crippen LogP contribution is 2.23. The van der Waals surface area contributed by atoms with Gasteiger partial charge in [-0.05, 0) is 30.9 Å². The number of aliphatic imine (C=N–C) groups is 1. The molecule has 2 aliphatic rings. The molecule has 1 fully saturated rings. The summed E-state index contributed by atoms with van der Waals surface area (Å²) in [6, 6.07) is 5.54. The van der Waals surface area contributed by atoms with Crippen LogP contribution in [0.5, 0.6) is 0 Å². The van der Waals surface area contributed by atoms with Crippen molar-refractivity contribution < 1.29 is 22.7 Å². The number of fused-ring (bicyclic) bond motifs is 1. The van der Waals surface area contributed by atoms with Crippen molar-refractivity contribution in [1.82, 2.24) is 9.62 Å². The van der Waals surface area contributed by atoms with E-state index in [1.54, 1.807) is 36.9 Å². The van der Waals surface area contributed by atoms with Crippen molar-refractivity contribution >= 4 is 27.7 Å². The number of amides is 1. The zero-order valence-electron chi connectivity index (χ0n) is 16.8. The minimum Gasteiger partial charge on any atom is -0.454 e. The summed E-state index contributed by atoms with van der Waals surface area (Å²) in [5.74, 6) is -0.961. The Morgan fingerprint density at radius 2 is 1.79 bits per heavy atom. The summed E-state index contributed by atoms with van der Waals surface area (Å²) in [4.78, 5) is 31.2. The molecular formula is C20H27N3O5S. The highest BCUT2D eigenvalue weighted by Gasteiger charge is 2.33. The summed E-state index contributed by atoms with van der Waals surface area (Å²) >= 11 is 0. The fourth-order valence-electron chi connectivity index (χ4n) is 3.47. The lowest BCUT2D eigenvalue weighted by Gasteiger charge is -2.21. The fourth-order valence-corrected chi connectivity index (χ4v) is 4.71. The van der Waals surface area contributed by atoms with Gasteiger partial charge in [0.15, 0.2) is 12.6 Å². The van der Waals surface area contributed by atoms with Crippen molar-refractivity contribution in [3.05, 3.63) is 29.8 Å². The summed E-state index contributed by atoms with van der Waals surface area (Å²) in [5.41, 5.74) is 0.423. The molecule has 1 aromatic carbocycles. The van der Waals surface area contributed by atoms with Crippen molar-refractivity contribution in [1.29, 1.82) is 0 Å². The lowest BCUT2D eigenvalue weighted by molar-refractivity contribution is -0.153. The van der Waals surface area contributed by atoms with Gasteiger partial charge < -0.3 is 9.64 Å². The van der Waals surface area contributed by atoms with Crippen molar-refractivity contribution in [3.8, 4) is 0 Å². The molecule has 0 saturated carbocycles. The Morgan fingerprint density at radius 1 is 1.14 bits per heavy atom. The number of ether oxygens (including phenoxy) is 1. The van der Waals surface area contributed by atoms with E-state index in [4.69, 9.17) is 4.74 Å². The molecule has 1 N–H and O–H groups in total. The van der Waals surface area contributed by atoms with E-state index in [2.05, 4.69) is 9.71 Å². The summed E-state index contributed by atoms with van der Waals surface area (Å²) in [7, 11) is -3.69. The molecule has 0 unspecified atom stereocenters. The van der Waals surface area contributed by atoms with E-state index in [9.17, 15) is 18.0 Å². The number of sulfonamides is 1. The van der Waals surface area contributed by atoms with E-state index in [-0.39, 0.29) is 29.2 Å². The van der Waals surface area contributed by atoms with Crippen molar-refractivity contribution in [2.45, 2.75) is 50.5 Å². The van der Waals surface area contributed by atoms with Crippen LogP contribution in [0.1, 0.15) is 45.1 Å². The summed E-state index contributed by atoms with van der Waals surface area (Å²) in [6.07, 6.45) is 4.13. The molecule has 0 radical (unpaired) electrons. The van der Waals surface area contributed by atoms with Gasteiger partial charge in [-0.15, -0.1) is 0 Å². The normalized spacial score (nSPS) is 20.7. The maximum absolute atomic E-state index is 12.6. The molecule has 9 heteroatoms. The van der Waals surface area contributed by atoms with E-state index < -0.39 is 22.0 Å². The quantitative estimate of drug-likeness (QED) is 0.729. The van der Waals surface area contributed by atoms with E-state index in [1.165, 1.54) is 6.07 Å². The largest absolute Gasteiger partial charge is 0.454 e. The van der Waals surface area contributed by atoms with E-state index in [0.717, 1.165) is 25.7 Å². The molecule has 1 saturated heterocycles. The molecule has 29 heavy (non-hydrogen) atoms. The fraction of sp³-hybridized carbons (Fsp3) is 0.550. The van der Waals surface area contributed by atoms with Gasteiger partial charge in [0.05, 0.1) is 4.90 Å². The van der Waals surface area contributed by atoms with Crippen LogP contribution in [0.2, 0.25) is 0 Å². The lowest BCUT2D eigenvalue weighted by Crippen LogP contribution is -2.37. The second-order valence-electron chi connectivity index (χ2n) is 7.67. The number of benzene rings is 1. The molecule has 2 heterocycles. The van der Waals surface area contributed by atoms with Gasteiger partial charge in [-0.25, -0.2) is 13.2 Å². The van der Waals surface area contributed by atoms with Crippen LogP contribution in [0.25, 0.3) is 0 Å². The molecule has 158 valence electrons. The predicted octanol–water partition coefficient (Wildman–Crippen LogP) is 1.70. The van der Waals surface area contributed by atoms with Gasteiger partial charge in [-0.1, -0.05) is 38.8 Å². The van der Waals surface area contributed by atoms with E-state index >= 15 is 0 Å². The van der Waals surface area contributed by atoms with Gasteiger partial charge in [0.1, 0.15) is 5.84 Å². The standard InChI is InChI=1S/C20H27N3O5S/c1-14(2)18(20(25)28-13-17(24)23-11-7-3-4-8-12-23)21-19-15-9-5-6-10-16(15)29(26,27)22-19/h5-6,9-10,14,18H,3-4,7-8,11-13H2,1-2H3,(H,21,22)/t18-/m0/s1. The van der Waals surface area contributed by atoms with Crippen LogP contribution in [-0.2, 0) is 24.3 Å². The molecule has 1 amide bonds. The third kappa shape index (κ3) is 4.95. The van der Waals surface area contributed by atoms with Crippen LogP contribution < -0.4 is 4.72 Å². The Bertz CT molecular complexity index is 902. The summed E-state index contributed by atoms with van der Waals surface area (Å²) in [5, 5.41) is 0. The smallest absolute Gasteiger partial charge is 0.331 e. The van der Waals surface area contributed by atoms with Crippen molar-refractivity contribution in [2.75, 3.05) is 19.7 Å². The number of hydrogen-bond acceptors (Lipinski definition) is 6. The van der Waals surface area contributed by atoms with Gasteiger partial charge in [0.2, 0.25) is 0 Å². The zero-order chi connectivity index (χ0) is 21.0. The molecule has 0 bridgehead atoms. The third-order valence-corrected chi connectivity index (χ3v) is 6.50. The predicted molar refractivity (Wildman–Crippen MR) is 108 cm³/mol. The van der Waals surface area contributed by atoms with Crippen LogP contribution in [0, 0.1) is 5.92 Å². The summed E-state index contributed by atoms with van der Waals surface area (Å²) < 4.78 is 32.1. The van der Waals surface area contributed by atoms with Crippen LogP contribution in [0.15, 0.2) is 34.2 Å². The van der Waals surface area contributed by atoms with Crippen LogP contribution in [0.4, 0.5) is 0 Å². The molecule has 0 spiro atoms. The average molecular weight is 422 g/mol. The maximum Gasteiger partial charge on any atom is 0.331 e. The Labute approximate surface area is 171 Å². The van der Waals surface area contributed by atoms with E-state index in [0.29, 0.717) is 18.7 Å². The van der Waals surface area contributed by atoms with Crippen molar-refractivity contribution in [2.24, 2.45) is 10.9 Å². The number of nitrogens with one attached hydrogen (secondary N) is 1. The second kappa shape index (κ2) is 8.94. The molecule has 1 aromatic rings. The zero-order valence-corrected chi connectivity index (χ0v) is 17.6. The third-order valence-electron chi connectivity index (χ3n) is 5.10. The molecular weight excluding hydrogens is 394 g/mol. The number of hydrogen-bond donors (Lipinski definition) is 1. The van der Waals surface area contributed by atoms with Crippen LogP contribution >= 0.6 is 0 Å². The molecule has 0 aromatic heterocycles. The van der Waals surface area contributed by atoms with E-state index in [1.807, 2.05) is 0 Å². The first-order valence-corrected chi connectivity index (χ1v) is 11.4. The highest BCUT2D eigenvalue weighted by molar-refractivity contribution is 7.90. The molecule has 2 aliphatic heterocycles. The van der Waals surface area contributed by atoms with Crippen LogP contribution in [-0.4, -0.2) is 56.8 Å². The molecule has 1 atom stereocenters. The number of esters is 1. The number of nitrogens with zero attached hydrogens (tertiary/aromatic N) is 2. The van der Waals surface area contributed by atoms with Gasteiger partial charge >= 0.3 is 5.97 Å². The highest BCUT2D eigenvalue weighted by atomic mass is 32.2. The number of amidine groups is 1. The van der Waals surface area contributed by atoms with Gasteiger partial charge in [-0.3, -0.25) is 14.5 Å². The monoisotopic (exact) mass is 421 g/mol. The van der Waals surface area contributed by atoms with Gasteiger partial charge in [0.25, 0.3) is 15.9 Å². The minimum absolute atomic E-state index is 0.120. The molecule has 3 rings (SSSR count). The molecule has 0 aliphatic carbocycles. The second-order valence-corrected chi connectivity index (χ2v) is 9.32. The Morgan fingerprint density at radius 3 is 2.45 bits per heavy atom. The minimum atomic E-state index is -3.69. The Kier molecular flexibility index (Phi) is 6.56. The SMILES string of the molecule is CC(C)[C@H](N=C1NS(=O)(=O)c2ccccc21)C(=O)OCC(=O)N1CCCCCC1. The first-order chi connectivity index (χ1) is 13.8. The first kappa shape index (κ1) is 21.3. The lowest BCUT2D eigenvalue weighted by atomic mass is 10.1. The number of rotatable bonds is 5. The number of carbonyl (C=O) groups excluding carboxylic acids is 2. The maximum atomic E-state index is 12.6. The Balaban J connectivity index is 1.71. The van der Waals surface area contributed by atoms with Gasteiger partial charge in [-0.2, -0.15) is 0 Å². The van der Waals surface area contributed by atoms with Gasteiger partial charge in [0, 0.05) is 18.7 Å². The summed E-state index contributed by atoms with van der Waals surface area (Å²) in [6.45, 7) is 4.63. The first-order valence-electron chi connectivity index (χ1n) is 9.94. The van der Waals surface area contributed by atoms with Crippen LogP contribution in [0.3, 0.4) is 0 Å². The number of carbonyl (C=O) groups is 2. The topological polar surface area (TPSA) is 105 Å². The Hall–Kier alpha value is -2.42.